The summed E-state index contributed by atoms with van der Waals surface area (Å²) in [6.45, 7) is 2.46. The largest absolute Gasteiger partial charge is 0.504 e. The summed E-state index contributed by atoms with van der Waals surface area (Å²) >= 11 is 0. The number of esters is 1. The first kappa shape index (κ1) is 32.0. The van der Waals surface area contributed by atoms with Crippen LogP contribution < -0.4 is 4.74 Å². The van der Waals surface area contributed by atoms with E-state index in [-0.39, 0.29) is 31.0 Å². The second kappa shape index (κ2) is 16.7. The van der Waals surface area contributed by atoms with Gasteiger partial charge in [0, 0.05) is 30.6 Å². The van der Waals surface area contributed by atoms with Gasteiger partial charge in [0.25, 0.3) is 5.91 Å². The Morgan fingerprint density at radius 3 is 2.28 bits per heavy atom. The number of hydrogen-bond acceptors (Lipinski definition) is 13. The number of amides is 1. The quantitative estimate of drug-likeness (QED) is 0.0642. The number of ether oxygens (including phenoxy) is 6. The highest BCUT2D eigenvalue weighted by atomic mass is 16.7. The molecule has 1 fully saturated rings. The fourth-order valence-corrected chi connectivity index (χ4v) is 3.35. The zero-order valence-corrected chi connectivity index (χ0v) is 21.6. The number of carbonyl (C=O) groups excluding carboxylic acids is 2. The van der Waals surface area contributed by atoms with E-state index in [1.807, 2.05) is 0 Å². The molecule has 1 aliphatic heterocycles. The Labute approximate surface area is 224 Å². The van der Waals surface area contributed by atoms with Crippen molar-refractivity contribution in [3.63, 3.8) is 0 Å². The molecule has 1 aliphatic rings. The van der Waals surface area contributed by atoms with Gasteiger partial charge in [-0.05, 0) is 23.7 Å². The van der Waals surface area contributed by atoms with E-state index in [1.165, 1.54) is 17.0 Å². The van der Waals surface area contributed by atoms with Crippen molar-refractivity contribution in [2.24, 2.45) is 5.11 Å². The van der Waals surface area contributed by atoms with E-state index in [1.54, 1.807) is 7.05 Å². The zero-order chi connectivity index (χ0) is 28.8. The fourth-order valence-electron chi connectivity index (χ4n) is 3.35. The Bertz CT molecular complexity index is 976. The van der Waals surface area contributed by atoms with E-state index in [2.05, 4.69) is 14.8 Å². The molecule has 0 unspecified atom stereocenters. The summed E-state index contributed by atoms with van der Waals surface area (Å²) in [5.41, 5.74) is 8.28. The van der Waals surface area contributed by atoms with Gasteiger partial charge in [0.05, 0.1) is 46.8 Å². The summed E-state index contributed by atoms with van der Waals surface area (Å²) in [5, 5.41) is 43.8. The molecule has 0 aliphatic carbocycles. The third kappa shape index (κ3) is 9.80. The summed E-state index contributed by atoms with van der Waals surface area (Å²) in [7, 11) is 2.62. The lowest BCUT2D eigenvalue weighted by molar-refractivity contribution is -0.272. The van der Waals surface area contributed by atoms with Crippen molar-refractivity contribution < 1.29 is 58.4 Å². The predicted molar refractivity (Wildman–Crippen MR) is 131 cm³/mol. The number of hydrogen-bond donors (Lipinski definition) is 4. The predicted octanol–water partition coefficient (Wildman–Crippen LogP) is -0.816. The van der Waals surface area contributed by atoms with Gasteiger partial charge in [0.1, 0.15) is 18.3 Å². The number of phenols is 1. The Morgan fingerprint density at radius 1 is 1.03 bits per heavy atom. The minimum Gasteiger partial charge on any atom is -0.504 e. The zero-order valence-electron chi connectivity index (χ0n) is 21.6. The lowest BCUT2D eigenvalue weighted by Crippen LogP contribution is -2.61. The van der Waals surface area contributed by atoms with Crippen LogP contribution in [0.1, 0.15) is 10.4 Å². The van der Waals surface area contributed by atoms with E-state index in [4.69, 9.17) is 29.2 Å². The number of azide groups is 1. The second-order valence-corrected chi connectivity index (χ2v) is 8.24. The van der Waals surface area contributed by atoms with Crippen LogP contribution in [0.5, 0.6) is 11.5 Å². The van der Waals surface area contributed by atoms with Crippen LogP contribution in [0.2, 0.25) is 0 Å². The Morgan fingerprint density at radius 2 is 1.67 bits per heavy atom. The lowest BCUT2D eigenvalue weighted by atomic mass is 9.99. The molecule has 4 N–H and O–H groups in total. The minimum atomic E-state index is -1.78. The molecule has 1 amide bonds. The maximum Gasteiger partial charge on any atom is 0.337 e. The van der Waals surface area contributed by atoms with Crippen molar-refractivity contribution in [3.8, 4) is 11.5 Å². The summed E-state index contributed by atoms with van der Waals surface area (Å²) in [6, 6.07) is 3.77. The maximum absolute atomic E-state index is 12.7. The van der Waals surface area contributed by atoms with Crippen molar-refractivity contribution in [2.45, 2.75) is 30.7 Å². The third-order valence-corrected chi connectivity index (χ3v) is 5.51. The molecule has 0 spiro atoms. The average molecular weight is 559 g/mol. The molecule has 16 heteroatoms. The Hall–Kier alpha value is -3.21. The van der Waals surface area contributed by atoms with Gasteiger partial charge < -0.3 is 53.7 Å². The van der Waals surface area contributed by atoms with Gasteiger partial charge >= 0.3 is 5.97 Å². The molecule has 0 radical (unpaired) electrons. The van der Waals surface area contributed by atoms with Crippen molar-refractivity contribution in [1.29, 1.82) is 0 Å². The van der Waals surface area contributed by atoms with Gasteiger partial charge in [-0.15, -0.1) is 0 Å². The molecule has 1 heterocycles. The number of aliphatic hydroxyl groups excluding tert-OH is 3. The minimum absolute atomic E-state index is 0.138. The second-order valence-electron chi connectivity index (χ2n) is 8.24. The third-order valence-electron chi connectivity index (χ3n) is 5.51. The van der Waals surface area contributed by atoms with E-state index in [0.717, 1.165) is 13.2 Å². The molecule has 0 aromatic heterocycles. The van der Waals surface area contributed by atoms with Gasteiger partial charge in [0.2, 0.25) is 6.29 Å². The van der Waals surface area contributed by atoms with Gasteiger partial charge in [-0.3, -0.25) is 4.79 Å². The van der Waals surface area contributed by atoms with Crippen LogP contribution in [0.15, 0.2) is 23.3 Å². The fraction of sp³-hybridized carbons (Fsp3) is 0.652. The molecule has 1 aromatic rings. The lowest BCUT2D eigenvalue weighted by Gasteiger charge is -2.38. The number of rotatable bonds is 16. The Kier molecular flexibility index (Phi) is 13.7. The topological polar surface area (TPSA) is 222 Å². The van der Waals surface area contributed by atoms with Crippen LogP contribution >= 0.6 is 0 Å². The molecule has 0 saturated carbocycles. The molecule has 218 valence electrons. The monoisotopic (exact) mass is 558 g/mol. The SMILES string of the molecule is COC(=O)[C@H]1O[C@@H](Oc2ccc(C(=O)N(C)CCOCCOCCOCCN=[N+]=[N-])cc2O)[C@H](O)[C@@H](O)[C@@H]1O. The average Bonchev–Trinajstić information content (AvgIpc) is 2.93. The highest BCUT2D eigenvalue weighted by Gasteiger charge is 2.48. The molecule has 1 saturated heterocycles. The number of methoxy groups -OCH3 is 1. The molecule has 0 bridgehead atoms. The van der Waals surface area contributed by atoms with Crippen LogP contribution in [0, 0.1) is 0 Å². The number of carbonyl (C=O) groups is 2. The summed E-state index contributed by atoms with van der Waals surface area (Å²) < 4.78 is 31.1. The van der Waals surface area contributed by atoms with Crippen LogP contribution in [-0.2, 0) is 28.5 Å². The van der Waals surface area contributed by atoms with Crippen molar-refractivity contribution in [2.75, 3.05) is 66.9 Å². The maximum atomic E-state index is 12.7. The molecule has 39 heavy (non-hydrogen) atoms. The van der Waals surface area contributed by atoms with Gasteiger partial charge in [-0.1, -0.05) is 5.11 Å². The van der Waals surface area contributed by atoms with Crippen LogP contribution in [0.4, 0.5) is 0 Å². The molecule has 1 aromatic carbocycles. The molecule has 2 rings (SSSR count). The first-order chi connectivity index (χ1) is 18.7. The first-order valence-corrected chi connectivity index (χ1v) is 12.0. The summed E-state index contributed by atoms with van der Waals surface area (Å²) in [4.78, 5) is 28.5. The highest BCUT2D eigenvalue weighted by molar-refractivity contribution is 5.94. The normalized spacial score (nSPS) is 22.5. The molecule has 16 nitrogen and oxygen atoms in total. The number of aliphatic hydroxyl groups is 3. The van der Waals surface area contributed by atoms with E-state index in [9.17, 15) is 30.0 Å². The van der Waals surface area contributed by atoms with Gasteiger partial charge in [-0.2, -0.15) is 0 Å². The first-order valence-electron chi connectivity index (χ1n) is 12.0. The number of likely N-dealkylation sites (N-methyl/N-ethyl adjacent to an activating group) is 1. The Balaban J connectivity index is 1.77. The van der Waals surface area contributed by atoms with Gasteiger partial charge in [0.15, 0.2) is 17.6 Å². The van der Waals surface area contributed by atoms with Gasteiger partial charge in [-0.25, -0.2) is 4.79 Å². The number of benzene rings is 1. The smallest absolute Gasteiger partial charge is 0.337 e. The number of aromatic hydroxyl groups is 1. The van der Waals surface area contributed by atoms with E-state index in [0.29, 0.717) is 33.0 Å². The van der Waals surface area contributed by atoms with E-state index >= 15 is 0 Å². The number of phenolic OH excluding ortho intramolecular Hbond substituents is 1. The van der Waals surface area contributed by atoms with Crippen molar-refractivity contribution in [1.82, 2.24) is 4.90 Å². The van der Waals surface area contributed by atoms with Crippen LogP contribution in [-0.4, -0.2) is 135 Å². The molecular formula is C23H34N4O12. The number of nitrogens with zero attached hydrogens (tertiary/aromatic N) is 4. The highest BCUT2D eigenvalue weighted by Crippen LogP contribution is 2.31. The van der Waals surface area contributed by atoms with E-state index < -0.39 is 48.3 Å². The summed E-state index contributed by atoms with van der Waals surface area (Å²) in [5.74, 6) is -2.06. The summed E-state index contributed by atoms with van der Waals surface area (Å²) in [6.07, 6.45) is -8.54. The van der Waals surface area contributed by atoms with Crippen LogP contribution in [0.3, 0.4) is 0 Å². The standard InChI is InChI=1S/C23H34N4O12/c1-27(6-8-36-10-12-37-11-9-35-7-5-25-26-24)21(32)14-3-4-16(15(28)13-14)38-23-19(31)17(29)18(30)20(39-23)22(33)34-2/h3-4,13,17-20,23,28-31H,5-12H2,1-2H3/t17-,18-,19+,20-,23+/m0/s1. The van der Waals surface area contributed by atoms with Crippen molar-refractivity contribution >= 4 is 11.9 Å². The van der Waals surface area contributed by atoms with Crippen molar-refractivity contribution in [3.05, 3.63) is 34.2 Å². The molecular weight excluding hydrogens is 524 g/mol. The molecule has 5 atom stereocenters. The van der Waals surface area contributed by atoms with Crippen LogP contribution in [0.25, 0.3) is 10.4 Å².